The fourth-order valence-electron chi connectivity index (χ4n) is 5.98. The molecule has 14 heteroatoms. The Hall–Kier alpha value is -4.43. The van der Waals surface area contributed by atoms with Gasteiger partial charge in [0.15, 0.2) is 11.4 Å². The maximum absolute atomic E-state index is 13.1. The molecule has 5 aromatic rings. The Balaban J connectivity index is 0.000000142. The van der Waals surface area contributed by atoms with Gasteiger partial charge in [0.25, 0.3) is 5.56 Å². The lowest BCUT2D eigenvalue weighted by Crippen LogP contribution is -2.68. The normalized spacial score (nSPS) is 19.8. The molecule has 8 rings (SSSR count). The third kappa shape index (κ3) is 4.97. The lowest BCUT2D eigenvalue weighted by Gasteiger charge is -2.53. The fourth-order valence-corrected chi connectivity index (χ4v) is 5.98. The number of H-pyrrole nitrogens is 1. The van der Waals surface area contributed by atoms with Gasteiger partial charge in [0.2, 0.25) is 5.82 Å². The van der Waals surface area contributed by atoms with Crippen molar-refractivity contribution in [2.75, 3.05) is 49.3 Å². The van der Waals surface area contributed by atoms with E-state index in [0.29, 0.717) is 61.7 Å². The fraction of sp³-hybridized carbons (Fsp3) is 0.400. The number of halogens is 3. The van der Waals surface area contributed by atoms with Gasteiger partial charge in [-0.1, -0.05) is 12.1 Å². The standard InChI is InChI=1S/C15H12F3N3O.C15H18N4O3/c16-15(17,18)14-19-11-9-5-1-2-6-10(9)22-12(11)13(20-14)21-7-3-4-8-21;1-11-15(9-21-10-15)22-6-5-18(11)13-7-12(8-16-14(13)20)19-4-2-3-17-19/h1-2,5-6H,3-4,7-8H2;2-4,7-8,11H,5-6,9-10H2,1H3,(H,16,20). The summed E-state index contributed by atoms with van der Waals surface area (Å²) >= 11 is 0. The average Bonchev–Trinajstić information content (AvgIpc) is 3.78. The summed E-state index contributed by atoms with van der Waals surface area (Å²) in [7, 11) is 0. The summed E-state index contributed by atoms with van der Waals surface area (Å²) in [4.78, 5) is 26.5. The average molecular weight is 610 g/mol. The molecule has 1 aromatic carbocycles. The highest BCUT2D eigenvalue weighted by Crippen LogP contribution is 2.38. The number of aromatic amines is 1. The zero-order valence-corrected chi connectivity index (χ0v) is 23.9. The van der Waals surface area contributed by atoms with Gasteiger partial charge in [0.1, 0.15) is 22.4 Å². The summed E-state index contributed by atoms with van der Waals surface area (Å²) in [5.41, 5.74) is 2.17. The summed E-state index contributed by atoms with van der Waals surface area (Å²) < 4.78 is 58.0. The summed E-state index contributed by atoms with van der Waals surface area (Å²) in [6, 6.07) is 10.8. The lowest BCUT2D eigenvalue weighted by molar-refractivity contribution is -0.228. The number of hydrogen-bond donors (Lipinski definition) is 1. The number of rotatable bonds is 3. The van der Waals surface area contributed by atoms with Gasteiger partial charge in [-0.05, 0) is 44.0 Å². The van der Waals surface area contributed by atoms with Gasteiger partial charge in [-0.2, -0.15) is 18.3 Å². The first kappa shape index (κ1) is 28.3. The molecule has 0 amide bonds. The van der Waals surface area contributed by atoms with Gasteiger partial charge in [0.05, 0.1) is 31.5 Å². The van der Waals surface area contributed by atoms with Crippen molar-refractivity contribution in [1.29, 1.82) is 0 Å². The first-order valence-electron chi connectivity index (χ1n) is 14.5. The summed E-state index contributed by atoms with van der Waals surface area (Å²) in [5, 5.41) is 4.78. The predicted octanol–water partition coefficient (Wildman–Crippen LogP) is 4.55. The molecule has 0 saturated carbocycles. The van der Waals surface area contributed by atoms with Crippen LogP contribution in [0.3, 0.4) is 0 Å². The molecule has 11 nitrogen and oxygen atoms in total. The maximum atomic E-state index is 13.1. The van der Waals surface area contributed by atoms with Crippen LogP contribution in [-0.4, -0.2) is 75.8 Å². The van der Waals surface area contributed by atoms with E-state index in [-0.39, 0.29) is 28.5 Å². The van der Waals surface area contributed by atoms with Crippen LogP contribution in [0.1, 0.15) is 25.6 Å². The molecule has 230 valence electrons. The number of hydrogen-bond acceptors (Lipinski definition) is 9. The van der Waals surface area contributed by atoms with Gasteiger partial charge in [-0.25, -0.2) is 14.6 Å². The van der Waals surface area contributed by atoms with Crippen LogP contribution in [0.2, 0.25) is 0 Å². The topological polar surface area (TPSA) is 115 Å². The SMILES string of the molecule is CC1N(c2cc(-n3cccn3)c[nH]c2=O)CCOC12COC2.FC(F)(F)c1nc(N2CCCC2)c2oc3ccccc3c2n1. The minimum Gasteiger partial charge on any atom is -0.450 e. The highest BCUT2D eigenvalue weighted by atomic mass is 19.4. The molecule has 3 fully saturated rings. The quantitative estimate of drug-likeness (QED) is 0.315. The monoisotopic (exact) mass is 609 g/mol. The van der Waals surface area contributed by atoms with Crippen molar-refractivity contribution < 1.29 is 27.1 Å². The minimum atomic E-state index is -4.58. The molecule has 0 aliphatic carbocycles. The van der Waals surface area contributed by atoms with E-state index in [9.17, 15) is 18.0 Å². The Morgan fingerprint density at radius 1 is 1.07 bits per heavy atom. The molecular weight excluding hydrogens is 579 g/mol. The number of para-hydroxylation sites is 1. The van der Waals surface area contributed by atoms with Crippen molar-refractivity contribution in [2.24, 2.45) is 0 Å². The van der Waals surface area contributed by atoms with Crippen molar-refractivity contribution in [3.63, 3.8) is 0 Å². The molecule has 1 atom stereocenters. The van der Waals surface area contributed by atoms with Crippen LogP contribution in [0.5, 0.6) is 0 Å². The number of nitrogens with zero attached hydrogens (tertiary/aromatic N) is 6. The first-order chi connectivity index (χ1) is 21.2. The highest BCUT2D eigenvalue weighted by Gasteiger charge is 2.50. The number of aromatic nitrogens is 5. The number of benzene rings is 1. The van der Waals surface area contributed by atoms with Gasteiger partial charge in [-0.3, -0.25) is 4.79 Å². The lowest BCUT2D eigenvalue weighted by atomic mass is 9.90. The Kier molecular flexibility index (Phi) is 7.04. The van der Waals surface area contributed by atoms with Crippen molar-refractivity contribution >= 4 is 33.6 Å². The number of pyridine rings is 1. The zero-order valence-electron chi connectivity index (χ0n) is 23.9. The summed E-state index contributed by atoms with van der Waals surface area (Å²) in [6.07, 6.45) is 2.53. The number of furan rings is 1. The molecule has 3 saturated heterocycles. The van der Waals surface area contributed by atoms with E-state index in [4.69, 9.17) is 13.9 Å². The molecule has 1 spiro atoms. The molecular formula is C30H30F3N7O4. The van der Waals surface area contributed by atoms with Gasteiger partial charge in [-0.15, -0.1) is 0 Å². The van der Waals surface area contributed by atoms with Crippen molar-refractivity contribution in [2.45, 2.75) is 37.6 Å². The number of morpholine rings is 1. The number of ether oxygens (including phenoxy) is 2. The molecule has 1 unspecified atom stereocenters. The Bertz CT molecular complexity index is 1840. The zero-order chi connectivity index (χ0) is 30.5. The second kappa shape index (κ2) is 10.9. The van der Waals surface area contributed by atoms with E-state index in [1.807, 2.05) is 23.2 Å². The number of nitrogens with one attached hydrogen (secondary N) is 1. The second-order valence-electron chi connectivity index (χ2n) is 11.1. The molecule has 4 aromatic heterocycles. The third-order valence-electron chi connectivity index (χ3n) is 8.45. The van der Waals surface area contributed by atoms with Crippen molar-refractivity contribution in [1.82, 2.24) is 24.7 Å². The smallest absolute Gasteiger partial charge is 0.450 e. The molecule has 0 bridgehead atoms. The van der Waals surface area contributed by atoms with E-state index < -0.39 is 12.0 Å². The van der Waals surface area contributed by atoms with E-state index in [0.717, 1.165) is 18.5 Å². The van der Waals surface area contributed by atoms with Crippen LogP contribution in [-0.2, 0) is 15.7 Å². The number of fused-ring (bicyclic) bond motifs is 3. The Morgan fingerprint density at radius 2 is 1.86 bits per heavy atom. The third-order valence-corrected chi connectivity index (χ3v) is 8.45. The number of alkyl halides is 3. The van der Waals surface area contributed by atoms with E-state index in [2.05, 4.69) is 31.9 Å². The largest absolute Gasteiger partial charge is 0.451 e. The maximum Gasteiger partial charge on any atom is 0.451 e. The van der Waals surface area contributed by atoms with Crippen LogP contribution < -0.4 is 15.4 Å². The minimum absolute atomic E-state index is 0.0870. The van der Waals surface area contributed by atoms with Crippen molar-refractivity contribution in [3.8, 4) is 5.69 Å². The second-order valence-corrected chi connectivity index (χ2v) is 11.1. The predicted molar refractivity (Wildman–Crippen MR) is 156 cm³/mol. The van der Waals surface area contributed by atoms with Gasteiger partial charge >= 0.3 is 6.18 Å². The molecule has 3 aliphatic rings. The molecule has 44 heavy (non-hydrogen) atoms. The highest BCUT2D eigenvalue weighted by molar-refractivity contribution is 6.05. The summed E-state index contributed by atoms with van der Waals surface area (Å²) in [6.45, 7) is 5.90. The Morgan fingerprint density at radius 3 is 2.57 bits per heavy atom. The van der Waals surface area contributed by atoms with Crippen LogP contribution in [0.25, 0.3) is 27.8 Å². The first-order valence-corrected chi connectivity index (χ1v) is 14.5. The number of anilines is 2. The van der Waals surface area contributed by atoms with Gasteiger partial charge in [0, 0.05) is 43.6 Å². The Labute approximate surface area is 249 Å². The van der Waals surface area contributed by atoms with Crippen LogP contribution in [0, 0.1) is 0 Å². The summed E-state index contributed by atoms with van der Waals surface area (Å²) in [5.74, 6) is -0.875. The molecule has 1 N–H and O–H groups in total. The van der Waals surface area contributed by atoms with E-state index in [1.54, 1.807) is 41.3 Å². The molecule has 0 radical (unpaired) electrons. The molecule has 3 aliphatic heterocycles. The molecule has 7 heterocycles. The van der Waals surface area contributed by atoms with Crippen LogP contribution >= 0.6 is 0 Å². The van der Waals surface area contributed by atoms with Crippen molar-refractivity contribution in [3.05, 3.63) is 71.2 Å². The van der Waals surface area contributed by atoms with Crippen LogP contribution in [0.4, 0.5) is 24.7 Å². The van der Waals surface area contributed by atoms with Crippen LogP contribution in [0.15, 0.2) is 64.2 Å². The van der Waals surface area contributed by atoms with E-state index >= 15 is 0 Å². The van der Waals surface area contributed by atoms with E-state index in [1.165, 1.54) is 0 Å². The van der Waals surface area contributed by atoms with Gasteiger partial charge < -0.3 is 28.7 Å².